The van der Waals surface area contributed by atoms with Crippen LogP contribution in [0.1, 0.15) is 41.5 Å². The highest BCUT2D eigenvalue weighted by Gasteiger charge is 2.33. The summed E-state index contributed by atoms with van der Waals surface area (Å²) in [5.41, 5.74) is 2.57. The summed E-state index contributed by atoms with van der Waals surface area (Å²) in [6.45, 7) is 6.93. The number of sulfone groups is 1. The number of ketones is 1. The summed E-state index contributed by atoms with van der Waals surface area (Å²) in [5.74, 6) is 0.495. The number of hydrogen-bond acceptors (Lipinski definition) is 4. The van der Waals surface area contributed by atoms with Crippen molar-refractivity contribution in [2.75, 3.05) is 24.6 Å². The Hall–Kier alpha value is -1.14. The van der Waals surface area contributed by atoms with Crippen molar-refractivity contribution in [3.63, 3.8) is 0 Å². The fourth-order valence-corrected chi connectivity index (χ4v) is 4.79. The van der Waals surface area contributed by atoms with E-state index in [4.69, 9.17) is 0 Å². The Morgan fingerprint density at radius 2 is 2.14 bits per heavy atom. The van der Waals surface area contributed by atoms with Gasteiger partial charge in [0.05, 0.1) is 18.1 Å². The molecule has 1 aliphatic heterocycles. The summed E-state index contributed by atoms with van der Waals surface area (Å²) < 4.78 is 23.3. The molecule has 0 spiro atoms. The summed E-state index contributed by atoms with van der Waals surface area (Å²) >= 11 is 0. The minimum atomic E-state index is -2.92. The fraction of sp³-hybridized carbons (Fsp3) is 0.667. The topological polar surface area (TPSA) is 70.2 Å². The third kappa shape index (κ3) is 3.95. The molecular weight excluding hydrogens is 288 g/mol. The first-order valence-electron chi connectivity index (χ1n) is 7.46. The lowest BCUT2D eigenvalue weighted by Gasteiger charge is -2.26. The highest BCUT2D eigenvalue weighted by molar-refractivity contribution is 7.91. The van der Waals surface area contributed by atoms with Crippen molar-refractivity contribution in [1.82, 2.24) is 9.88 Å². The number of nitrogens with one attached hydrogen (secondary N) is 1. The molecule has 0 radical (unpaired) electrons. The molecule has 0 aromatic carbocycles. The zero-order valence-electron chi connectivity index (χ0n) is 13.0. The van der Waals surface area contributed by atoms with Gasteiger partial charge in [0.2, 0.25) is 0 Å². The van der Waals surface area contributed by atoms with Gasteiger partial charge in [-0.2, -0.15) is 0 Å². The fourth-order valence-electron chi connectivity index (χ4n) is 3.02. The molecule has 2 rings (SSSR count). The Balaban J connectivity index is 2.09. The maximum atomic E-state index is 12.5. The molecule has 21 heavy (non-hydrogen) atoms. The molecule has 1 saturated heterocycles. The number of aryl methyl sites for hydroxylation is 2. The third-order valence-corrected chi connectivity index (χ3v) is 5.78. The van der Waals surface area contributed by atoms with Gasteiger partial charge in [-0.15, -0.1) is 0 Å². The number of aromatic nitrogens is 1. The molecule has 1 fully saturated rings. The van der Waals surface area contributed by atoms with E-state index in [9.17, 15) is 13.2 Å². The van der Waals surface area contributed by atoms with E-state index in [-0.39, 0.29) is 23.3 Å². The van der Waals surface area contributed by atoms with E-state index in [2.05, 4.69) is 4.98 Å². The quantitative estimate of drug-likeness (QED) is 0.812. The summed E-state index contributed by atoms with van der Waals surface area (Å²) in [4.78, 5) is 17.6. The van der Waals surface area contributed by atoms with Gasteiger partial charge in [-0.25, -0.2) is 8.42 Å². The van der Waals surface area contributed by atoms with Crippen molar-refractivity contribution in [1.29, 1.82) is 0 Å². The molecule has 0 bridgehead atoms. The number of aromatic amines is 1. The van der Waals surface area contributed by atoms with Crippen molar-refractivity contribution in [3.8, 4) is 0 Å². The lowest BCUT2D eigenvalue weighted by Crippen LogP contribution is -2.40. The van der Waals surface area contributed by atoms with Crippen molar-refractivity contribution in [3.05, 3.63) is 23.0 Å². The monoisotopic (exact) mass is 312 g/mol. The lowest BCUT2D eigenvalue weighted by molar-refractivity contribution is 0.0901. The third-order valence-electron chi connectivity index (χ3n) is 4.03. The van der Waals surface area contributed by atoms with E-state index in [1.54, 1.807) is 0 Å². The Bertz CT molecular complexity index is 619. The summed E-state index contributed by atoms with van der Waals surface area (Å²) in [6.07, 6.45) is 1.55. The van der Waals surface area contributed by atoms with Crippen LogP contribution in [0.25, 0.3) is 0 Å². The van der Waals surface area contributed by atoms with Gasteiger partial charge in [0, 0.05) is 23.0 Å². The van der Waals surface area contributed by atoms with Gasteiger partial charge in [-0.3, -0.25) is 9.69 Å². The van der Waals surface area contributed by atoms with E-state index < -0.39 is 9.84 Å². The van der Waals surface area contributed by atoms with E-state index in [0.29, 0.717) is 13.0 Å². The van der Waals surface area contributed by atoms with Gasteiger partial charge in [0.15, 0.2) is 15.6 Å². The Labute approximate surface area is 126 Å². The first-order chi connectivity index (χ1) is 9.82. The van der Waals surface area contributed by atoms with Crippen LogP contribution >= 0.6 is 0 Å². The Morgan fingerprint density at radius 1 is 1.43 bits per heavy atom. The molecule has 118 valence electrons. The molecule has 1 atom stereocenters. The minimum Gasteiger partial charge on any atom is -0.362 e. The summed E-state index contributed by atoms with van der Waals surface area (Å²) in [7, 11) is -2.92. The number of hydrogen-bond donors (Lipinski definition) is 1. The zero-order chi connectivity index (χ0) is 15.6. The average molecular weight is 312 g/mol. The van der Waals surface area contributed by atoms with Gasteiger partial charge in [0.1, 0.15) is 0 Å². The first kappa shape index (κ1) is 16.2. The number of H-pyrrole nitrogens is 1. The van der Waals surface area contributed by atoms with Gasteiger partial charge < -0.3 is 4.98 Å². The van der Waals surface area contributed by atoms with Crippen LogP contribution < -0.4 is 0 Å². The summed E-state index contributed by atoms with van der Waals surface area (Å²) in [5, 5.41) is 0. The van der Waals surface area contributed by atoms with Crippen LogP contribution in [0.4, 0.5) is 0 Å². The van der Waals surface area contributed by atoms with Gasteiger partial charge >= 0.3 is 0 Å². The van der Waals surface area contributed by atoms with Crippen LogP contribution in [0.5, 0.6) is 0 Å². The molecule has 1 aromatic heterocycles. The van der Waals surface area contributed by atoms with Crippen LogP contribution in [0, 0.1) is 13.8 Å². The maximum Gasteiger partial charge on any atom is 0.178 e. The molecule has 1 aliphatic rings. The molecule has 0 aliphatic carbocycles. The Morgan fingerprint density at radius 3 is 2.62 bits per heavy atom. The van der Waals surface area contributed by atoms with Crippen molar-refractivity contribution in [2.45, 2.75) is 39.7 Å². The predicted molar refractivity (Wildman–Crippen MR) is 83.5 cm³/mol. The number of carbonyl (C=O) groups is 1. The molecule has 6 heteroatoms. The second-order valence-electron chi connectivity index (χ2n) is 5.94. The van der Waals surface area contributed by atoms with Crippen molar-refractivity contribution in [2.24, 2.45) is 0 Å². The summed E-state index contributed by atoms with van der Waals surface area (Å²) in [6, 6.07) is 1.85. The second-order valence-corrected chi connectivity index (χ2v) is 8.17. The van der Waals surface area contributed by atoms with E-state index in [1.165, 1.54) is 0 Å². The van der Waals surface area contributed by atoms with Crippen LogP contribution in [0.2, 0.25) is 0 Å². The van der Waals surface area contributed by atoms with Crippen LogP contribution in [-0.2, 0) is 9.84 Å². The lowest BCUT2D eigenvalue weighted by atomic mass is 10.1. The van der Waals surface area contributed by atoms with Gasteiger partial charge in [-0.1, -0.05) is 6.92 Å². The van der Waals surface area contributed by atoms with Crippen LogP contribution in [0.3, 0.4) is 0 Å². The molecule has 5 nitrogen and oxygen atoms in total. The number of nitrogens with zero attached hydrogens (tertiary/aromatic N) is 1. The molecule has 0 amide bonds. The number of Topliss-reactive ketones (excluding diaryl/α,β-unsaturated/α-hetero) is 1. The molecule has 0 unspecified atom stereocenters. The first-order valence-corrected chi connectivity index (χ1v) is 9.28. The molecule has 1 N–H and O–H groups in total. The van der Waals surface area contributed by atoms with Crippen LogP contribution in [-0.4, -0.2) is 54.7 Å². The highest BCUT2D eigenvalue weighted by atomic mass is 32.2. The average Bonchev–Trinajstić information content (AvgIpc) is 2.91. The number of carbonyl (C=O) groups excluding carboxylic acids is 1. The largest absolute Gasteiger partial charge is 0.362 e. The normalized spacial score (nSPS) is 21.0. The molecule has 0 saturated carbocycles. The van der Waals surface area contributed by atoms with Gasteiger partial charge in [-0.05, 0) is 39.3 Å². The molecular formula is C15H24N2O3S. The van der Waals surface area contributed by atoms with E-state index in [1.807, 2.05) is 31.7 Å². The van der Waals surface area contributed by atoms with Crippen molar-refractivity contribution < 1.29 is 13.2 Å². The Kier molecular flexibility index (Phi) is 4.88. The maximum absolute atomic E-state index is 12.5. The number of rotatable bonds is 6. The molecule has 1 aromatic rings. The van der Waals surface area contributed by atoms with E-state index in [0.717, 1.165) is 29.9 Å². The highest BCUT2D eigenvalue weighted by Crippen LogP contribution is 2.19. The SMILES string of the molecule is CCCN(CC(=O)c1cc(C)[nH]c1C)[C@@H]1CCS(=O)(=O)C1. The standard InChI is InChI=1S/C15H24N2O3S/c1-4-6-17(13-5-7-21(19,20)10-13)9-15(18)14-8-11(2)16-12(14)3/h8,13,16H,4-7,9-10H2,1-3H3/t13-/m1/s1. The van der Waals surface area contributed by atoms with Gasteiger partial charge in [0.25, 0.3) is 0 Å². The zero-order valence-corrected chi connectivity index (χ0v) is 13.8. The van der Waals surface area contributed by atoms with Crippen molar-refractivity contribution >= 4 is 15.6 Å². The van der Waals surface area contributed by atoms with Crippen LogP contribution in [0.15, 0.2) is 6.07 Å². The smallest absolute Gasteiger partial charge is 0.178 e. The second kappa shape index (κ2) is 6.32. The van der Waals surface area contributed by atoms with E-state index >= 15 is 0 Å². The minimum absolute atomic E-state index is 0.0146. The molecule has 2 heterocycles. The predicted octanol–water partition coefficient (Wildman–Crippen LogP) is 1.71.